The van der Waals surface area contributed by atoms with E-state index >= 15 is 0 Å². The number of hydrogen-bond acceptors (Lipinski definition) is 11. The lowest BCUT2D eigenvalue weighted by molar-refractivity contribution is -0.113. The molecule has 3 rings (SSSR count). The van der Waals surface area contributed by atoms with E-state index in [9.17, 15) is 9.59 Å². The van der Waals surface area contributed by atoms with Crippen LogP contribution < -0.4 is 5.56 Å². The molecule has 1 aliphatic rings. The summed E-state index contributed by atoms with van der Waals surface area (Å²) in [7, 11) is 0.122. The smallest absolute Gasteiger partial charge is 0.279 e. The van der Waals surface area contributed by atoms with Crippen molar-refractivity contribution in [3.8, 4) is 0 Å². The molecule has 0 radical (unpaired) electrons. The van der Waals surface area contributed by atoms with Gasteiger partial charge in [0.05, 0.1) is 32.3 Å². The first kappa shape index (κ1) is 34.1. The van der Waals surface area contributed by atoms with Gasteiger partial charge in [0.1, 0.15) is 18.0 Å². The van der Waals surface area contributed by atoms with Crippen molar-refractivity contribution < 1.29 is 28.1 Å². The monoisotopic (exact) mass is 615 g/mol. The number of ether oxygens (including phenoxy) is 3. The molecule has 0 amide bonds. The minimum absolute atomic E-state index is 0.0136. The van der Waals surface area contributed by atoms with Gasteiger partial charge in [0.25, 0.3) is 14.1 Å². The van der Waals surface area contributed by atoms with E-state index in [4.69, 9.17) is 23.3 Å². The zero-order valence-electron chi connectivity index (χ0n) is 25.7. The van der Waals surface area contributed by atoms with Crippen LogP contribution in [0.5, 0.6) is 0 Å². The van der Waals surface area contributed by atoms with Gasteiger partial charge < -0.3 is 28.2 Å². The average Bonchev–Trinajstić information content (AvgIpc) is 3.47. The van der Waals surface area contributed by atoms with Gasteiger partial charge in [-0.05, 0) is 41.0 Å². The zero-order valence-corrected chi connectivity index (χ0v) is 27.4. The van der Waals surface area contributed by atoms with Gasteiger partial charge in [0.15, 0.2) is 22.5 Å². The van der Waals surface area contributed by atoms with Gasteiger partial charge >= 0.3 is 0 Å². The lowest BCUT2D eigenvalue weighted by atomic mass is 10.1. The number of H-pyrrole nitrogens is 1. The number of hydrogen-bond donors (Lipinski definition) is 1. The van der Waals surface area contributed by atoms with Crippen molar-refractivity contribution in [2.45, 2.75) is 98.4 Å². The number of fused-ring (bicyclic) bond motifs is 1. The summed E-state index contributed by atoms with van der Waals surface area (Å²) >= 11 is 1.30. The van der Waals surface area contributed by atoms with Crippen LogP contribution >= 0.6 is 20.3 Å². The number of carbonyl (C=O) groups excluding carboxylic acids is 1. The van der Waals surface area contributed by atoms with Gasteiger partial charge in [0.2, 0.25) is 0 Å². The number of nitrogens with one attached hydrogen (secondary N) is 1. The number of carbonyl (C=O) groups is 1. The Labute approximate surface area is 248 Å². The number of aromatic amines is 1. The Morgan fingerprint density at radius 2 is 1.88 bits per heavy atom. The van der Waals surface area contributed by atoms with Crippen LogP contribution in [0.3, 0.4) is 0 Å². The molecule has 1 saturated heterocycles. The van der Waals surface area contributed by atoms with Crippen LogP contribution in [-0.4, -0.2) is 92.4 Å². The first-order valence-corrected chi connectivity index (χ1v) is 16.4. The van der Waals surface area contributed by atoms with Crippen molar-refractivity contribution in [1.82, 2.24) is 24.2 Å². The third kappa shape index (κ3) is 8.57. The van der Waals surface area contributed by atoms with Gasteiger partial charge in [-0.15, -0.1) is 0 Å². The van der Waals surface area contributed by atoms with E-state index < -0.39 is 27.0 Å². The number of thioether (sulfide) groups is 1. The maximum absolute atomic E-state index is 12.4. The van der Waals surface area contributed by atoms with Crippen molar-refractivity contribution in [1.29, 1.82) is 0 Å². The highest BCUT2D eigenvalue weighted by Gasteiger charge is 2.49. The van der Waals surface area contributed by atoms with E-state index in [1.807, 2.05) is 20.8 Å². The standard InChI is InChI=1S/C27H46N5O7PS/c1-10-20-22(23(35-9)26(38-20)31-15-28-21-24(31)29-19(8)30-25(21)33)39-40(32(17(4)5)18(6)7)37-12-11-36-13-14-41-27(34)16(2)3/h15-18,20,22-23,26H,10-14H2,1-9H3,(H,29,30,33)/t20-,22?,23+,26-,40?/m1/s1. The molecule has 0 saturated carbocycles. The van der Waals surface area contributed by atoms with Crippen LogP contribution in [0.1, 0.15) is 66.9 Å². The summed E-state index contributed by atoms with van der Waals surface area (Å²) in [5.41, 5.74) is 0.380. The van der Waals surface area contributed by atoms with Gasteiger partial charge in [0, 0.05) is 30.9 Å². The quantitative estimate of drug-likeness (QED) is 0.213. The van der Waals surface area contributed by atoms with E-state index in [0.717, 1.165) is 0 Å². The molecule has 12 nitrogen and oxygen atoms in total. The Morgan fingerprint density at radius 3 is 2.49 bits per heavy atom. The van der Waals surface area contributed by atoms with Crippen molar-refractivity contribution in [2.75, 3.05) is 32.7 Å². The van der Waals surface area contributed by atoms with Crippen LogP contribution in [0.15, 0.2) is 11.1 Å². The molecule has 5 atom stereocenters. The normalized spacial score (nSPS) is 22.2. The van der Waals surface area contributed by atoms with Crippen LogP contribution in [0, 0.1) is 12.8 Å². The minimum atomic E-state index is -1.51. The summed E-state index contributed by atoms with van der Waals surface area (Å²) in [5.74, 6) is 1.12. The largest absolute Gasteiger partial charge is 0.378 e. The first-order chi connectivity index (χ1) is 19.5. The summed E-state index contributed by atoms with van der Waals surface area (Å²) in [6.45, 7) is 17.2. The molecule has 0 bridgehead atoms. The summed E-state index contributed by atoms with van der Waals surface area (Å²) in [4.78, 5) is 35.7. The second-order valence-electron chi connectivity index (χ2n) is 10.8. The van der Waals surface area contributed by atoms with E-state index in [-0.39, 0.29) is 40.3 Å². The van der Waals surface area contributed by atoms with E-state index in [0.29, 0.717) is 43.5 Å². The molecule has 0 aromatic carbocycles. The predicted octanol–water partition coefficient (Wildman–Crippen LogP) is 4.43. The number of imidazole rings is 1. The number of methoxy groups -OCH3 is 1. The number of aromatic nitrogens is 4. The maximum atomic E-state index is 12.4. The molecule has 2 aromatic heterocycles. The topological polar surface area (TPSA) is 130 Å². The fourth-order valence-electron chi connectivity index (χ4n) is 4.73. The second-order valence-corrected chi connectivity index (χ2v) is 13.3. The fourth-order valence-corrected chi connectivity index (χ4v) is 7.22. The summed E-state index contributed by atoms with van der Waals surface area (Å²) in [6.07, 6.45) is 0.430. The summed E-state index contributed by atoms with van der Waals surface area (Å²) in [5, 5.41) is 0.169. The van der Waals surface area contributed by atoms with Gasteiger partial charge in [-0.2, -0.15) is 0 Å². The molecule has 2 unspecified atom stereocenters. The lowest BCUT2D eigenvalue weighted by Gasteiger charge is -2.38. The van der Waals surface area contributed by atoms with Crippen LogP contribution in [0.25, 0.3) is 11.2 Å². The van der Waals surface area contributed by atoms with Gasteiger partial charge in [-0.25, -0.2) is 14.6 Å². The first-order valence-electron chi connectivity index (χ1n) is 14.2. The van der Waals surface area contributed by atoms with Gasteiger partial charge in [-0.1, -0.05) is 32.5 Å². The Balaban J connectivity index is 1.75. The Kier molecular flexibility index (Phi) is 13.2. The highest BCUT2D eigenvalue weighted by molar-refractivity contribution is 8.13. The highest BCUT2D eigenvalue weighted by Crippen LogP contribution is 2.50. The molecule has 1 N–H and O–H groups in total. The van der Waals surface area contributed by atoms with Crippen molar-refractivity contribution >= 4 is 36.6 Å². The number of aryl methyl sites for hydroxylation is 1. The number of rotatable bonds is 16. The fraction of sp³-hybridized carbons (Fsp3) is 0.778. The lowest BCUT2D eigenvalue weighted by Crippen LogP contribution is -2.39. The second kappa shape index (κ2) is 15.9. The van der Waals surface area contributed by atoms with Crippen molar-refractivity contribution in [3.63, 3.8) is 0 Å². The number of nitrogens with zero attached hydrogens (tertiary/aromatic N) is 4. The molecule has 41 heavy (non-hydrogen) atoms. The molecule has 1 aliphatic heterocycles. The Bertz CT molecular complexity index is 1170. The minimum Gasteiger partial charge on any atom is -0.378 e. The van der Waals surface area contributed by atoms with Crippen LogP contribution in [-0.2, 0) is 28.1 Å². The molecular formula is C27H46N5O7PS. The predicted molar refractivity (Wildman–Crippen MR) is 161 cm³/mol. The van der Waals surface area contributed by atoms with Crippen LogP contribution in [0.4, 0.5) is 0 Å². The molecular weight excluding hydrogens is 569 g/mol. The van der Waals surface area contributed by atoms with Crippen molar-refractivity contribution in [3.05, 3.63) is 22.5 Å². The van der Waals surface area contributed by atoms with E-state index in [2.05, 4.69) is 47.3 Å². The zero-order chi connectivity index (χ0) is 30.3. The van der Waals surface area contributed by atoms with E-state index in [1.54, 1.807) is 24.9 Å². The third-order valence-electron chi connectivity index (χ3n) is 6.62. The molecule has 0 aliphatic carbocycles. The summed E-state index contributed by atoms with van der Waals surface area (Å²) < 4.78 is 35.3. The molecule has 0 spiro atoms. The molecule has 3 heterocycles. The Morgan fingerprint density at radius 1 is 1.17 bits per heavy atom. The highest BCUT2D eigenvalue weighted by atomic mass is 32.2. The molecule has 1 fully saturated rings. The molecule has 2 aromatic rings. The molecule has 14 heteroatoms. The van der Waals surface area contributed by atoms with Gasteiger partial charge in [-0.3, -0.25) is 14.2 Å². The van der Waals surface area contributed by atoms with E-state index in [1.165, 1.54) is 11.8 Å². The van der Waals surface area contributed by atoms with Crippen LogP contribution in [0.2, 0.25) is 0 Å². The van der Waals surface area contributed by atoms with Crippen molar-refractivity contribution in [2.24, 2.45) is 5.92 Å². The third-order valence-corrected chi connectivity index (χ3v) is 9.87. The summed E-state index contributed by atoms with van der Waals surface area (Å²) in [6, 6.07) is 0.326. The SMILES string of the molecule is CC[C@H]1O[C@@H](n2cnc3c(=O)[nH]c(C)nc32)[C@@H](OC)C1OP(OCCOCCSC(=O)C(C)C)N(C(C)C)C(C)C. The Hall–Kier alpha value is -1.44. The maximum Gasteiger partial charge on any atom is 0.279 e. The average molecular weight is 616 g/mol. The molecule has 232 valence electrons.